The van der Waals surface area contributed by atoms with E-state index in [4.69, 9.17) is 0 Å². The Morgan fingerprint density at radius 3 is 2.25 bits per heavy atom. The smallest absolute Gasteiger partial charge is 0 e. The summed E-state index contributed by atoms with van der Waals surface area (Å²) in [6, 6.07) is 10.5. The van der Waals surface area contributed by atoms with Crippen molar-refractivity contribution in [3.63, 3.8) is 0 Å². The molecule has 0 aliphatic carbocycles. The summed E-state index contributed by atoms with van der Waals surface area (Å²) in [4.78, 5) is 0. The normalized spacial score (nSPS) is 9.12. The molecule has 0 heteroatoms. The molecule has 1 rings (SSSR count). The van der Waals surface area contributed by atoms with Crippen molar-refractivity contribution in [2.75, 3.05) is 0 Å². The average molecular weight is 108 g/mol. The van der Waals surface area contributed by atoms with Gasteiger partial charge in [-0.1, -0.05) is 37.3 Å². The molecule has 1 aromatic carbocycles. The van der Waals surface area contributed by atoms with Gasteiger partial charge >= 0.3 is 0 Å². The molecule has 0 saturated heterocycles. The van der Waals surface area contributed by atoms with Gasteiger partial charge in [-0.2, -0.15) is 0 Å². The summed E-state index contributed by atoms with van der Waals surface area (Å²) >= 11 is 0. The molecular formula is C8H12. The van der Waals surface area contributed by atoms with E-state index in [2.05, 4.69) is 31.2 Å². The molecule has 0 radical (unpaired) electrons. The van der Waals surface area contributed by atoms with E-state index < -0.39 is 0 Å². The van der Waals surface area contributed by atoms with Crippen molar-refractivity contribution in [1.82, 2.24) is 0 Å². The summed E-state index contributed by atoms with van der Waals surface area (Å²) in [6.07, 6.45) is 1.14. The second-order valence-corrected chi connectivity index (χ2v) is 1.84. The van der Waals surface area contributed by atoms with Gasteiger partial charge in [-0.05, 0) is 12.0 Å². The van der Waals surface area contributed by atoms with Crippen molar-refractivity contribution < 1.29 is 1.43 Å². The Kier molecular flexibility index (Phi) is 1.68. The van der Waals surface area contributed by atoms with Crippen LogP contribution in [0.1, 0.15) is 13.9 Å². The molecule has 0 saturated carbocycles. The lowest BCUT2D eigenvalue weighted by atomic mass is 10.2. The highest BCUT2D eigenvalue weighted by Gasteiger charge is 1.79. The van der Waals surface area contributed by atoms with Crippen LogP contribution in [0, 0.1) is 0 Å². The highest BCUT2D eigenvalue weighted by atomic mass is 13.9. The Morgan fingerprint density at radius 1 is 1.25 bits per heavy atom. The molecule has 0 heterocycles. The van der Waals surface area contributed by atoms with Crippen LogP contribution in [0.4, 0.5) is 0 Å². The average Bonchev–Trinajstić information content (AvgIpc) is 1.90. The third kappa shape index (κ3) is 1.09. The minimum absolute atomic E-state index is 0. The summed E-state index contributed by atoms with van der Waals surface area (Å²) in [5.41, 5.74) is 1.41. The second kappa shape index (κ2) is 2.51. The van der Waals surface area contributed by atoms with Gasteiger partial charge in [0.05, 0.1) is 0 Å². The minimum atomic E-state index is 0. The van der Waals surface area contributed by atoms with Crippen LogP contribution < -0.4 is 0 Å². The number of hydrogen-bond donors (Lipinski definition) is 0. The van der Waals surface area contributed by atoms with Gasteiger partial charge in [0, 0.05) is 1.43 Å². The van der Waals surface area contributed by atoms with E-state index in [0.717, 1.165) is 6.42 Å². The third-order valence-electron chi connectivity index (χ3n) is 1.25. The first-order valence-electron chi connectivity index (χ1n) is 2.97. The van der Waals surface area contributed by atoms with Crippen LogP contribution in [0.25, 0.3) is 0 Å². The lowest BCUT2D eigenvalue weighted by molar-refractivity contribution is 1.14. The molecule has 0 N–H and O–H groups in total. The van der Waals surface area contributed by atoms with Gasteiger partial charge in [-0.25, -0.2) is 0 Å². The van der Waals surface area contributed by atoms with E-state index in [1.165, 1.54) is 5.56 Å². The molecule has 0 fully saturated rings. The maximum Gasteiger partial charge on any atom is 0 e. The predicted octanol–water partition coefficient (Wildman–Crippen LogP) is 2.50. The first kappa shape index (κ1) is 5.36. The highest BCUT2D eigenvalue weighted by Crippen LogP contribution is 1.96. The molecule has 1 aromatic rings. The van der Waals surface area contributed by atoms with E-state index in [1.54, 1.807) is 0 Å². The minimum Gasteiger partial charge on any atom is -0.0622 e. The lowest BCUT2D eigenvalue weighted by Crippen LogP contribution is -1.73. The van der Waals surface area contributed by atoms with Gasteiger partial charge in [0.25, 0.3) is 0 Å². The Morgan fingerprint density at radius 2 is 1.88 bits per heavy atom. The van der Waals surface area contributed by atoms with Crippen molar-refractivity contribution in [2.45, 2.75) is 13.3 Å². The van der Waals surface area contributed by atoms with E-state index in [9.17, 15) is 0 Å². The Bertz CT molecular complexity index is 146. The number of hydrogen-bond acceptors (Lipinski definition) is 0. The van der Waals surface area contributed by atoms with Crippen molar-refractivity contribution in [3.8, 4) is 0 Å². The molecule has 44 valence electrons. The molecule has 0 unspecified atom stereocenters. The van der Waals surface area contributed by atoms with Crippen molar-refractivity contribution in [2.24, 2.45) is 0 Å². The monoisotopic (exact) mass is 108 g/mol. The number of rotatable bonds is 1. The molecule has 0 aliphatic heterocycles. The van der Waals surface area contributed by atoms with E-state index >= 15 is 0 Å². The molecule has 0 atom stereocenters. The first-order chi connectivity index (χ1) is 3.93. The standard InChI is InChI=1S/C8H10.H2/c1-2-8-6-4-3-5-7-8;/h3-7H,2H2,1H3;1H. The molecule has 0 nitrogen and oxygen atoms in total. The maximum atomic E-state index is 2.16. The van der Waals surface area contributed by atoms with Crippen molar-refractivity contribution >= 4 is 0 Å². The Hall–Kier alpha value is -0.780. The first-order valence-corrected chi connectivity index (χ1v) is 2.97. The fraction of sp³-hybridized carbons (Fsp3) is 0.250. The zero-order valence-corrected chi connectivity index (χ0v) is 5.09. The van der Waals surface area contributed by atoms with Crippen molar-refractivity contribution in [1.29, 1.82) is 0 Å². The van der Waals surface area contributed by atoms with E-state index in [-0.39, 0.29) is 1.43 Å². The summed E-state index contributed by atoms with van der Waals surface area (Å²) in [7, 11) is 0. The fourth-order valence-electron chi connectivity index (χ4n) is 0.714. The van der Waals surface area contributed by atoms with Gasteiger partial charge < -0.3 is 0 Å². The van der Waals surface area contributed by atoms with Crippen LogP contribution in [0.15, 0.2) is 30.3 Å². The Labute approximate surface area is 51.6 Å². The van der Waals surface area contributed by atoms with E-state index in [0.29, 0.717) is 0 Å². The van der Waals surface area contributed by atoms with Crippen LogP contribution in [0.3, 0.4) is 0 Å². The molecule has 0 aromatic heterocycles. The number of aryl methyl sites for hydroxylation is 1. The third-order valence-corrected chi connectivity index (χ3v) is 1.25. The van der Waals surface area contributed by atoms with Crippen LogP contribution >= 0.6 is 0 Å². The molecule has 0 spiro atoms. The van der Waals surface area contributed by atoms with Gasteiger partial charge in [-0.15, -0.1) is 0 Å². The summed E-state index contributed by atoms with van der Waals surface area (Å²) in [5, 5.41) is 0. The highest BCUT2D eigenvalue weighted by molar-refractivity contribution is 5.13. The van der Waals surface area contributed by atoms with E-state index in [1.807, 2.05) is 6.07 Å². The zero-order chi connectivity index (χ0) is 5.82. The van der Waals surface area contributed by atoms with Crippen LogP contribution in [0.2, 0.25) is 0 Å². The molecule has 0 aliphatic rings. The quantitative estimate of drug-likeness (QED) is 0.518. The number of benzene rings is 1. The van der Waals surface area contributed by atoms with Gasteiger partial charge in [0.1, 0.15) is 0 Å². The Balaban J connectivity index is 0.000000640. The van der Waals surface area contributed by atoms with Gasteiger partial charge in [0.15, 0.2) is 0 Å². The maximum absolute atomic E-state index is 2.16. The van der Waals surface area contributed by atoms with Gasteiger partial charge in [0.2, 0.25) is 0 Å². The SMILES string of the molecule is CCc1ccccc1.[HH]. The van der Waals surface area contributed by atoms with Gasteiger partial charge in [-0.3, -0.25) is 0 Å². The summed E-state index contributed by atoms with van der Waals surface area (Å²) < 4.78 is 0. The zero-order valence-electron chi connectivity index (χ0n) is 5.09. The molecule has 8 heavy (non-hydrogen) atoms. The van der Waals surface area contributed by atoms with Crippen LogP contribution in [0.5, 0.6) is 0 Å². The summed E-state index contributed by atoms with van der Waals surface area (Å²) in [5.74, 6) is 0. The predicted molar refractivity (Wildman–Crippen MR) is 37.9 cm³/mol. The molecule has 0 bridgehead atoms. The van der Waals surface area contributed by atoms with Crippen LogP contribution in [-0.2, 0) is 6.42 Å². The van der Waals surface area contributed by atoms with Crippen LogP contribution in [-0.4, -0.2) is 0 Å². The van der Waals surface area contributed by atoms with Crippen molar-refractivity contribution in [3.05, 3.63) is 35.9 Å². The second-order valence-electron chi connectivity index (χ2n) is 1.84. The summed E-state index contributed by atoms with van der Waals surface area (Å²) in [6.45, 7) is 2.16. The largest absolute Gasteiger partial charge is 0.0622 e. The topological polar surface area (TPSA) is 0 Å². The molecule has 0 amide bonds. The fourth-order valence-corrected chi connectivity index (χ4v) is 0.714. The molecular weight excluding hydrogens is 96.1 g/mol. The lowest BCUT2D eigenvalue weighted by Gasteiger charge is -1.89.